The van der Waals surface area contributed by atoms with Crippen LogP contribution in [0.3, 0.4) is 0 Å². The summed E-state index contributed by atoms with van der Waals surface area (Å²) >= 11 is 0. The molecule has 2 amide bonds. The van der Waals surface area contributed by atoms with Crippen LogP contribution in [0.25, 0.3) is 0 Å². The molecule has 2 aliphatic heterocycles. The largest absolute Gasteiger partial charge is 0.497 e. The van der Waals surface area contributed by atoms with Crippen molar-refractivity contribution in [1.29, 1.82) is 0 Å². The minimum atomic E-state index is -0.0000527. The SMILES string of the molecule is COc1cccc(C2C(NC(=O)NC3[C@H]4CNC[C@@H]34)CCN2C2CC2)c1. The number of piperidine rings is 1. The lowest BCUT2D eigenvalue weighted by Gasteiger charge is -2.29. The van der Waals surface area contributed by atoms with E-state index < -0.39 is 0 Å². The van der Waals surface area contributed by atoms with Crippen molar-refractivity contribution < 1.29 is 9.53 Å². The third kappa shape index (κ3) is 2.95. The van der Waals surface area contributed by atoms with Crippen LogP contribution in [-0.2, 0) is 0 Å². The first-order chi connectivity index (χ1) is 12.7. The van der Waals surface area contributed by atoms with Crippen LogP contribution < -0.4 is 20.7 Å². The van der Waals surface area contributed by atoms with Gasteiger partial charge in [0.15, 0.2) is 0 Å². The Bertz CT molecular complexity index is 682. The fourth-order valence-electron chi connectivity index (χ4n) is 5.03. The van der Waals surface area contributed by atoms with Crippen molar-refractivity contribution in [2.75, 3.05) is 26.7 Å². The van der Waals surface area contributed by atoms with Gasteiger partial charge in [-0.05, 0) is 48.8 Å². The summed E-state index contributed by atoms with van der Waals surface area (Å²) in [4.78, 5) is 15.2. The Balaban J connectivity index is 1.29. The minimum Gasteiger partial charge on any atom is -0.497 e. The molecule has 2 saturated heterocycles. The lowest BCUT2D eigenvalue weighted by Crippen LogP contribution is -2.47. The third-order valence-electron chi connectivity index (χ3n) is 6.59. The normalized spacial score (nSPS) is 35.8. The summed E-state index contributed by atoms with van der Waals surface area (Å²) in [6.45, 7) is 3.14. The zero-order valence-corrected chi connectivity index (χ0v) is 15.3. The maximum absolute atomic E-state index is 12.6. The van der Waals surface area contributed by atoms with Crippen molar-refractivity contribution in [2.45, 2.75) is 43.4 Å². The highest BCUT2D eigenvalue weighted by atomic mass is 16.5. The molecule has 0 radical (unpaired) electrons. The number of hydrogen-bond donors (Lipinski definition) is 3. The van der Waals surface area contributed by atoms with E-state index in [1.54, 1.807) is 7.11 Å². The van der Waals surface area contributed by atoms with Gasteiger partial charge in [0, 0.05) is 31.7 Å². The number of urea groups is 1. The zero-order valence-electron chi connectivity index (χ0n) is 15.3. The van der Waals surface area contributed by atoms with Crippen LogP contribution in [0.4, 0.5) is 4.79 Å². The predicted octanol–water partition coefficient (Wildman–Crippen LogP) is 1.49. The third-order valence-corrected chi connectivity index (χ3v) is 6.59. The van der Waals surface area contributed by atoms with Crippen molar-refractivity contribution in [1.82, 2.24) is 20.9 Å². The van der Waals surface area contributed by atoms with Gasteiger partial charge in [-0.2, -0.15) is 0 Å². The highest BCUT2D eigenvalue weighted by Gasteiger charge is 2.54. The summed E-state index contributed by atoms with van der Waals surface area (Å²) in [7, 11) is 1.71. The number of carbonyl (C=O) groups excluding carboxylic acids is 1. The summed E-state index contributed by atoms with van der Waals surface area (Å²) < 4.78 is 5.42. The molecule has 6 nitrogen and oxygen atoms in total. The molecule has 5 rings (SSSR count). The van der Waals surface area contributed by atoms with Crippen molar-refractivity contribution in [2.24, 2.45) is 11.8 Å². The maximum Gasteiger partial charge on any atom is 0.315 e. The van der Waals surface area contributed by atoms with E-state index in [1.807, 2.05) is 12.1 Å². The van der Waals surface area contributed by atoms with Crippen LogP contribution >= 0.6 is 0 Å². The predicted molar refractivity (Wildman–Crippen MR) is 99.2 cm³/mol. The van der Waals surface area contributed by atoms with E-state index in [4.69, 9.17) is 4.74 Å². The standard InChI is InChI=1S/C20H28N4O2/c1-26-14-4-2-3-12(9-14)19-17(7-8-24(19)13-5-6-13)22-20(25)23-18-15-10-21-11-16(15)18/h2-4,9,13,15-19,21H,5-8,10-11H2,1H3,(H2,22,23,25)/t15-,16+,17?,18?,19?. The average molecular weight is 356 g/mol. The summed E-state index contributed by atoms with van der Waals surface area (Å²) in [5.74, 6) is 2.16. The molecule has 0 spiro atoms. The Kier molecular flexibility index (Phi) is 4.05. The number of nitrogens with zero attached hydrogens (tertiary/aromatic N) is 1. The lowest BCUT2D eigenvalue weighted by molar-refractivity contribution is 0.213. The number of carbonyl (C=O) groups is 1. The summed E-state index contributed by atoms with van der Waals surface area (Å²) in [6.07, 6.45) is 3.56. The topological polar surface area (TPSA) is 65.6 Å². The monoisotopic (exact) mass is 356 g/mol. The van der Waals surface area contributed by atoms with Gasteiger partial charge in [0.25, 0.3) is 0 Å². The molecule has 2 saturated carbocycles. The van der Waals surface area contributed by atoms with Crippen LogP contribution in [0.5, 0.6) is 5.75 Å². The number of benzene rings is 1. The van der Waals surface area contributed by atoms with Crippen LogP contribution in [0.2, 0.25) is 0 Å². The van der Waals surface area contributed by atoms with E-state index in [9.17, 15) is 4.79 Å². The van der Waals surface area contributed by atoms with E-state index in [1.165, 1.54) is 18.4 Å². The molecule has 26 heavy (non-hydrogen) atoms. The summed E-state index contributed by atoms with van der Waals surface area (Å²) in [5, 5.41) is 9.86. The highest BCUT2D eigenvalue weighted by molar-refractivity contribution is 5.75. The lowest BCUT2D eigenvalue weighted by atomic mass is 9.99. The highest BCUT2D eigenvalue weighted by Crippen LogP contribution is 2.43. The Morgan fingerprint density at radius 3 is 2.73 bits per heavy atom. The molecule has 5 atom stereocenters. The first-order valence-corrected chi connectivity index (χ1v) is 9.92. The van der Waals surface area contributed by atoms with Gasteiger partial charge in [0.05, 0.1) is 19.2 Å². The molecule has 0 aromatic heterocycles. The second kappa shape index (κ2) is 6.43. The maximum atomic E-state index is 12.6. The number of ether oxygens (including phenoxy) is 1. The number of methoxy groups -OCH3 is 1. The van der Waals surface area contributed by atoms with Gasteiger partial charge in [0.1, 0.15) is 5.75 Å². The number of rotatable bonds is 5. The number of nitrogens with one attached hydrogen (secondary N) is 3. The van der Waals surface area contributed by atoms with Crippen molar-refractivity contribution in [3.05, 3.63) is 29.8 Å². The molecule has 3 unspecified atom stereocenters. The molecule has 4 fully saturated rings. The number of likely N-dealkylation sites (tertiary alicyclic amines) is 1. The molecular weight excluding hydrogens is 328 g/mol. The van der Waals surface area contributed by atoms with E-state index in [0.717, 1.165) is 31.8 Å². The van der Waals surface area contributed by atoms with E-state index in [2.05, 4.69) is 33.0 Å². The molecule has 6 heteroatoms. The van der Waals surface area contributed by atoms with Gasteiger partial charge < -0.3 is 20.7 Å². The molecule has 4 aliphatic rings. The summed E-state index contributed by atoms with van der Waals surface area (Å²) in [6, 6.07) is 9.75. The van der Waals surface area contributed by atoms with E-state index >= 15 is 0 Å². The quantitative estimate of drug-likeness (QED) is 0.748. The number of hydrogen-bond acceptors (Lipinski definition) is 4. The van der Waals surface area contributed by atoms with Gasteiger partial charge in [-0.1, -0.05) is 12.1 Å². The van der Waals surface area contributed by atoms with Gasteiger partial charge in [-0.25, -0.2) is 4.79 Å². The number of amides is 2. The second-order valence-electron chi connectivity index (χ2n) is 8.22. The molecule has 3 N–H and O–H groups in total. The first kappa shape index (κ1) is 16.4. The Morgan fingerprint density at radius 1 is 1.19 bits per heavy atom. The van der Waals surface area contributed by atoms with Crippen LogP contribution in [0.15, 0.2) is 24.3 Å². The molecule has 140 valence electrons. The Hall–Kier alpha value is -1.79. The van der Waals surface area contributed by atoms with Gasteiger partial charge in [0.2, 0.25) is 0 Å². The fourth-order valence-corrected chi connectivity index (χ4v) is 5.03. The molecule has 0 bridgehead atoms. The van der Waals surface area contributed by atoms with Crippen LogP contribution in [0.1, 0.15) is 30.9 Å². The zero-order chi connectivity index (χ0) is 17.7. The van der Waals surface area contributed by atoms with Gasteiger partial charge in [-0.3, -0.25) is 4.90 Å². The fraction of sp³-hybridized carbons (Fsp3) is 0.650. The van der Waals surface area contributed by atoms with Crippen molar-refractivity contribution >= 4 is 6.03 Å². The second-order valence-corrected chi connectivity index (χ2v) is 8.22. The Morgan fingerprint density at radius 2 is 2.00 bits per heavy atom. The molecule has 2 heterocycles. The van der Waals surface area contributed by atoms with Crippen LogP contribution in [-0.4, -0.2) is 55.8 Å². The first-order valence-electron chi connectivity index (χ1n) is 9.92. The Labute approximate surface area is 154 Å². The van der Waals surface area contributed by atoms with Crippen molar-refractivity contribution in [3.63, 3.8) is 0 Å². The average Bonchev–Trinajstić information content (AvgIpc) is 3.50. The van der Waals surface area contributed by atoms with Gasteiger partial charge >= 0.3 is 6.03 Å². The smallest absolute Gasteiger partial charge is 0.315 e. The summed E-state index contributed by atoms with van der Waals surface area (Å²) in [5.41, 5.74) is 1.24. The molecule has 2 aliphatic carbocycles. The van der Waals surface area contributed by atoms with E-state index in [-0.39, 0.29) is 18.1 Å². The molecular formula is C20H28N4O2. The number of fused-ring (bicyclic) bond motifs is 1. The minimum absolute atomic E-state index is 0.0000527. The van der Waals surface area contributed by atoms with E-state index in [0.29, 0.717) is 23.9 Å². The van der Waals surface area contributed by atoms with Crippen molar-refractivity contribution in [3.8, 4) is 5.75 Å². The molecule has 1 aromatic rings. The van der Waals surface area contributed by atoms with Crippen LogP contribution in [0, 0.1) is 11.8 Å². The van der Waals surface area contributed by atoms with Gasteiger partial charge in [-0.15, -0.1) is 0 Å². The molecule has 1 aromatic carbocycles.